The Balaban J connectivity index is 2.99. The van der Waals surface area contributed by atoms with E-state index in [-0.39, 0.29) is 5.11 Å². The lowest BCUT2D eigenvalue weighted by Gasteiger charge is -2.18. The third-order valence-electron chi connectivity index (χ3n) is 1.71. The molecule has 0 amide bonds. The van der Waals surface area contributed by atoms with Crippen LogP contribution in [0, 0.1) is 0 Å². The molecule has 54 valence electrons. The zero-order chi connectivity index (χ0) is 8.48. The molecule has 11 heavy (non-hydrogen) atoms. The average Bonchev–Trinajstić information content (AvgIpc) is 1.86. The summed E-state index contributed by atoms with van der Waals surface area (Å²) in [6.07, 6.45) is 0. The van der Waals surface area contributed by atoms with Gasteiger partial charge < -0.3 is 0 Å². The predicted octanol–water partition coefficient (Wildman–Crippen LogP) is -0.541. The van der Waals surface area contributed by atoms with E-state index in [1.807, 2.05) is 0 Å². The summed E-state index contributed by atoms with van der Waals surface area (Å²) in [6, 6.07) is 8.48. The molecule has 0 saturated carbocycles. The van der Waals surface area contributed by atoms with Crippen molar-refractivity contribution in [2.45, 2.75) is 5.11 Å². The molecule has 0 radical (unpaired) electrons. The molecular weight excluding hydrogens is 196 g/mol. The Morgan fingerprint density at radius 2 is 1.45 bits per heavy atom. The molecule has 0 fully saturated rings. The van der Waals surface area contributed by atoms with Crippen molar-refractivity contribution in [1.82, 2.24) is 0 Å². The molecule has 0 spiro atoms. The van der Waals surface area contributed by atoms with Crippen molar-refractivity contribution in [3.63, 3.8) is 0 Å². The first-order valence-electron chi connectivity index (χ1n) is 3.76. The molecule has 0 nitrogen and oxygen atoms in total. The summed E-state index contributed by atoms with van der Waals surface area (Å²) in [5, 5.41) is 0.265. The molecule has 0 atom stereocenters. The summed E-state index contributed by atoms with van der Waals surface area (Å²) in [4.78, 5) is 0. The van der Waals surface area contributed by atoms with Crippen molar-refractivity contribution in [3.8, 4) is 0 Å². The number of benzene rings is 1. The fraction of sp³-hybridized carbons (Fsp3) is 0.143. The van der Waals surface area contributed by atoms with Crippen LogP contribution >= 0.6 is 15.9 Å². The molecule has 0 aliphatic heterocycles. The van der Waals surface area contributed by atoms with Gasteiger partial charge in [0.25, 0.3) is 0 Å². The maximum atomic E-state index is 3.41. The van der Waals surface area contributed by atoms with Gasteiger partial charge in [-0.1, -0.05) is 38.7 Å². The Bertz CT molecular complexity index is 237. The molecule has 0 aliphatic rings. The van der Waals surface area contributed by atoms with E-state index in [0.29, 0.717) is 0 Å². The largest absolute Gasteiger partial charge is 0.0955 e. The van der Waals surface area contributed by atoms with Crippen LogP contribution in [0.25, 0.3) is 0 Å². The van der Waals surface area contributed by atoms with Crippen molar-refractivity contribution in [3.05, 3.63) is 34.3 Å². The second-order valence-corrected chi connectivity index (χ2v) is 4.67. The minimum atomic E-state index is 0.265. The van der Waals surface area contributed by atoms with Gasteiger partial charge in [0.1, 0.15) is 0 Å². The molecule has 4 heteroatoms. The topological polar surface area (TPSA) is 0 Å². The van der Waals surface area contributed by atoms with Crippen molar-refractivity contribution in [1.29, 1.82) is 0 Å². The van der Waals surface area contributed by atoms with E-state index in [0.717, 1.165) is 4.47 Å². The lowest BCUT2D eigenvalue weighted by atomic mass is 9.40. The normalized spacial score (nSPS) is 11.4. The van der Waals surface area contributed by atoms with Crippen molar-refractivity contribution in [2.24, 2.45) is 0 Å². The molecule has 0 saturated heterocycles. The van der Waals surface area contributed by atoms with Crippen LogP contribution in [0.3, 0.4) is 0 Å². The van der Waals surface area contributed by atoms with E-state index in [1.165, 1.54) is 5.56 Å². The summed E-state index contributed by atoms with van der Waals surface area (Å²) < 4.78 is 1.14. The SMILES string of the molecule is BC(B)(B)c1ccc(Br)cc1. The minimum Gasteiger partial charge on any atom is -0.0863 e. The highest BCUT2D eigenvalue weighted by Gasteiger charge is 2.12. The quantitative estimate of drug-likeness (QED) is 0.542. The fourth-order valence-electron chi connectivity index (χ4n) is 0.950. The van der Waals surface area contributed by atoms with E-state index in [1.54, 1.807) is 0 Å². The van der Waals surface area contributed by atoms with Crippen molar-refractivity contribution < 1.29 is 0 Å². The van der Waals surface area contributed by atoms with E-state index >= 15 is 0 Å². The van der Waals surface area contributed by atoms with E-state index < -0.39 is 0 Å². The lowest BCUT2D eigenvalue weighted by Crippen LogP contribution is -2.26. The fourth-order valence-corrected chi connectivity index (χ4v) is 1.21. The third kappa shape index (κ3) is 2.44. The summed E-state index contributed by atoms with van der Waals surface area (Å²) >= 11 is 3.41. The maximum Gasteiger partial charge on any atom is 0.0955 e. The summed E-state index contributed by atoms with van der Waals surface area (Å²) in [5.41, 5.74) is 1.38. The van der Waals surface area contributed by atoms with Gasteiger partial charge in [0.2, 0.25) is 0 Å². The maximum absolute atomic E-state index is 3.41. The molecule has 0 unspecified atom stereocenters. The Kier molecular flexibility index (Phi) is 2.53. The highest BCUT2D eigenvalue weighted by Crippen LogP contribution is 2.16. The lowest BCUT2D eigenvalue weighted by molar-refractivity contribution is 1.23. The van der Waals surface area contributed by atoms with Crippen LogP contribution in [-0.4, -0.2) is 23.5 Å². The Morgan fingerprint density at radius 1 is 1.00 bits per heavy atom. The van der Waals surface area contributed by atoms with Gasteiger partial charge in [-0.05, 0) is 12.1 Å². The highest BCUT2D eigenvalue weighted by atomic mass is 79.9. The van der Waals surface area contributed by atoms with Gasteiger partial charge in [-0.3, -0.25) is 0 Å². The van der Waals surface area contributed by atoms with E-state index in [2.05, 4.69) is 63.7 Å². The molecule has 0 heterocycles. The van der Waals surface area contributed by atoms with Gasteiger partial charge in [0, 0.05) is 4.47 Å². The Labute approximate surface area is 79.1 Å². The minimum absolute atomic E-state index is 0.265. The van der Waals surface area contributed by atoms with Gasteiger partial charge in [-0.15, -0.1) is 0 Å². The van der Waals surface area contributed by atoms with Crippen LogP contribution < -0.4 is 0 Å². The van der Waals surface area contributed by atoms with Crippen LogP contribution in [0.5, 0.6) is 0 Å². The summed E-state index contributed by atoms with van der Waals surface area (Å²) in [5.74, 6) is 0. The van der Waals surface area contributed by atoms with Gasteiger partial charge in [-0.25, -0.2) is 0 Å². The number of rotatable bonds is 1. The molecule has 0 N–H and O–H groups in total. The standard InChI is InChI=1S/C7H10B3Br/c8-7(9,10)5-1-3-6(11)4-2-5/h1-4H,8-10H2. The van der Waals surface area contributed by atoms with Crippen LogP contribution in [0.15, 0.2) is 28.7 Å². The molecule has 1 aromatic rings. The molecular formula is C7H10B3Br. The zero-order valence-electron chi connectivity index (χ0n) is 7.19. The monoisotopic (exact) mass is 206 g/mol. The number of halogens is 1. The number of hydrogen-bond acceptors (Lipinski definition) is 0. The molecule has 1 aromatic carbocycles. The van der Waals surface area contributed by atoms with Gasteiger partial charge in [0.05, 0.1) is 23.5 Å². The number of hydrogen-bond donors (Lipinski definition) is 0. The van der Waals surface area contributed by atoms with Gasteiger partial charge >= 0.3 is 0 Å². The summed E-state index contributed by atoms with van der Waals surface area (Å²) in [7, 11) is 6.66. The van der Waals surface area contributed by atoms with Gasteiger partial charge in [-0.2, -0.15) is 0 Å². The van der Waals surface area contributed by atoms with Crippen LogP contribution in [0.1, 0.15) is 5.56 Å². The first-order chi connectivity index (χ1) is 5.00. The van der Waals surface area contributed by atoms with Crippen LogP contribution in [-0.2, 0) is 5.11 Å². The molecule has 0 aliphatic carbocycles. The highest BCUT2D eigenvalue weighted by molar-refractivity contribution is 9.10. The average molecular weight is 206 g/mol. The van der Waals surface area contributed by atoms with Crippen LogP contribution in [0.2, 0.25) is 0 Å². The first kappa shape index (κ1) is 8.99. The first-order valence-corrected chi connectivity index (χ1v) is 4.55. The smallest absolute Gasteiger partial charge is 0.0863 e. The second-order valence-electron chi connectivity index (χ2n) is 3.76. The van der Waals surface area contributed by atoms with Crippen molar-refractivity contribution >= 4 is 39.5 Å². The Morgan fingerprint density at radius 3 is 1.82 bits per heavy atom. The molecule has 0 bridgehead atoms. The van der Waals surface area contributed by atoms with E-state index in [9.17, 15) is 0 Å². The third-order valence-corrected chi connectivity index (χ3v) is 2.24. The van der Waals surface area contributed by atoms with Crippen LogP contribution in [0.4, 0.5) is 0 Å². The summed E-state index contributed by atoms with van der Waals surface area (Å²) in [6.45, 7) is 0. The zero-order valence-corrected chi connectivity index (χ0v) is 8.77. The Hall–Kier alpha value is -0.105. The van der Waals surface area contributed by atoms with E-state index in [4.69, 9.17) is 0 Å². The predicted molar refractivity (Wildman–Crippen MR) is 61.5 cm³/mol. The second kappa shape index (κ2) is 3.10. The van der Waals surface area contributed by atoms with Crippen molar-refractivity contribution in [2.75, 3.05) is 0 Å². The molecule has 0 aromatic heterocycles. The van der Waals surface area contributed by atoms with Gasteiger partial charge in [0.15, 0.2) is 0 Å². The molecule has 1 rings (SSSR count).